The van der Waals surface area contributed by atoms with Crippen molar-refractivity contribution in [2.24, 2.45) is 7.05 Å². The molecule has 5 nitrogen and oxygen atoms in total. The summed E-state index contributed by atoms with van der Waals surface area (Å²) in [6.45, 7) is 4.47. The van der Waals surface area contributed by atoms with Crippen LogP contribution in [0.2, 0.25) is 0 Å². The molecule has 1 atom stereocenters. The molecule has 1 aliphatic rings. The summed E-state index contributed by atoms with van der Waals surface area (Å²) in [5.74, 6) is 0.0473. The Bertz CT molecular complexity index is 647. The number of hydrogen-bond acceptors (Lipinski definition) is 3. The molecule has 1 aliphatic heterocycles. The predicted octanol–water partition coefficient (Wildman–Crippen LogP) is 1.77. The van der Waals surface area contributed by atoms with E-state index in [1.165, 1.54) is 11.1 Å². The number of amides is 1. The van der Waals surface area contributed by atoms with Gasteiger partial charge in [-0.15, -0.1) is 0 Å². The number of carbonyl (C=O) groups excluding carboxylic acids is 1. The standard InChI is InChI=1S/C17H22N4O/c1-3-13-4-6-14(7-5-13)16-12-18-10-11-21(16)17(22)15-8-9-19-20(15)2/h4-9,16,18H,3,10-12H2,1-2H3. The minimum Gasteiger partial charge on any atom is -0.328 e. The van der Waals surface area contributed by atoms with Crippen LogP contribution in [0.15, 0.2) is 36.5 Å². The average molecular weight is 298 g/mol. The zero-order valence-corrected chi connectivity index (χ0v) is 13.1. The summed E-state index contributed by atoms with van der Waals surface area (Å²) in [5.41, 5.74) is 3.13. The van der Waals surface area contributed by atoms with E-state index in [0.717, 1.165) is 19.5 Å². The first-order chi connectivity index (χ1) is 10.7. The number of nitrogens with zero attached hydrogens (tertiary/aromatic N) is 3. The maximum absolute atomic E-state index is 12.8. The number of nitrogens with one attached hydrogen (secondary N) is 1. The summed E-state index contributed by atoms with van der Waals surface area (Å²) in [4.78, 5) is 14.8. The highest BCUT2D eigenvalue weighted by atomic mass is 16.2. The Morgan fingerprint density at radius 3 is 2.73 bits per heavy atom. The van der Waals surface area contributed by atoms with Crippen molar-refractivity contribution in [3.63, 3.8) is 0 Å². The van der Waals surface area contributed by atoms with E-state index in [4.69, 9.17) is 0 Å². The summed E-state index contributed by atoms with van der Waals surface area (Å²) in [7, 11) is 1.81. The van der Waals surface area contributed by atoms with Crippen LogP contribution in [0, 0.1) is 0 Å². The minimum absolute atomic E-state index is 0.0473. The van der Waals surface area contributed by atoms with E-state index in [1.54, 1.807) is 24.0 Å². The first kappa shape index (κ1) is 14.8. The van der Waals surface area contributed by atoms with Gasteiger partial charge in [-0.25, -0.2) is 0 Å². The van der Waals surface area contributed by atoms with Crippen LogP contribution in [-0.4, -0.2) is 40.2 Å². The van der Waals surface area contributed by atoms with Crippen molar-refractivity contribution in [1.29, 1.82) is 0 Å². The lowest BCUT2D eigenvalue weighted by Crippen LogP contribution is -2.49. The number of aromatic nitrogens is 2. The Hall–Kier alpha value is -2.14. The summed E-state index contributed by atoms with van der Waals surface area (Å²) < 4.78 is 1.64. The molecule has 0 saturated carbocycles. The second kappa shape index (κ2) is 6.32. The molecule has 1 aromatic heterocycles. The fourth-order valence-corrected chi connectivity index (χ4v) is 2.95. The van der Waals surface area contributed by atoms with Gasteiger partial charge in [0.1, 0.15) is 5.69 Å². The summed E-state index contributed by atoms with van der Waals surface area (Å²) in [5, 5.41) is 7.50. The third kappa shape index (κ3) is 2.76. The molecule has 22 heavy (non-hydrogen) atoms. The number of benzene rings is 1. The van der Waals surface area contributed by atoms with Gasteiger partial charge in [0.15, 0.2) is 0 Å². The fraction of sp³-hybridized carbons (Fsp3) is 0.412. The molecule has 2 heterocycles. The van der Waals surface area contributed by atoms with Crippen molar-refractivity contribution >= 4 is 5.91 Å². The van der Waals surface area contributed by atoms with Gasteiger partial charge < -0.3 is 10.2 Å². The maximum atomic E-state index is 12.8. The van der Waals surface area contributed by atoms with Crippen molar-refractivity contribution in [3.05, 3.63) is 53.3 Å². The second-order valence-corrected chi connectivity index (χ2v) is 5.65. The minimum atomic E-state index is 0.0473. The van der Waals surface area contributed by atoms with Crippen LogP contribution >= 0.6 is 0 Å². The van der Waals surface area contributed by atoms with E-state index in [9.17, 15) is 4.79 Å². The normalized spacial score (nSPS) is 18.5. The molecular formula is C17H22N4O. The number of carbonyl (C=O) groups is 1. The van der Waals surface area contributed by atoms with Crippen LogP contribution in [0.4, 0.5) is 0 Å². The lowest BCUT2D eigenvalue weighted by Gasteiger charge is -2.36. The van der Waals surface area contributed by atoms with E-state index in [0.29, 0.717) is 12.2 Å². The SMILES string of the molecule is CCc1ccc(C2CNCCN2C(=O)c2ccnn2C)cc1. The first-order valence-electron chi connectivity index (χ1n) is 7.79. The summed E-state index contributed by atoms with van der Waals surface area (Å²) in [6, 6.07) is 10.4. The molecule has 116 valence electrons. The van der Waals surface area contributed by atoms with Gasteiger partial charge in [-0.1, -0.05) is 31.2 Å². The van der Waals surface area contributed by atoms with Crippen molar-refractivity contribution in [2.45, 2.75) is 19.4 Å². The smallest absolute Gasteiger partial charge is 0.272 e. The fourth-order valence-electron chi connectivity index (χ4n) is 2.95. The van der Waals surface area contributed by atoms with Gasteiger partial charge in [0, 0.05) is 32.9 Å². The zero-order chi connectivity index (χ0) is 15.5. The van der Waals surface area contributed by atoms with E-state index >= 15 is 0 Å². The van der Waals surface area contributed by atoms with Crippen LogP contribution in [0.1, 0.15) is 34.6 Å². The Kier molecular flexibility index (Phi) is 4.24. The monoisotopic (exact) mass is 298 g/mol. The third-order valence-electron chi connectivity index (χ3n) is 4.32. The van der Waals surface area contributed by atoms with E-state index in [-0.39, 0.29) is 11.9 Å². The number of aryl methyl sites for hydroxylation is 2. The highest BCUT2D eigenvalue weighted by molar-refractivity contribution is 5.92. The molecule has 2 aromatic rings. The number of piperazine rings is 1. The molecule has 1 fully saturated rings. The van der Waals surface area contributed by atoms with Crippen LogP contribution in [0.3, 0.4) is 0 Å². The third-order valence-corrected chi connectivity index (χ3v) is 4.32. The van der Waals surface area contributed by atoms with Crippen molar-refractivity contribution in [1.82, 2.24) is 20.0 Å². The molecule has 1 N–H and O–H groups in total. The van der Waals surface area contributed by atoms with Crippen molar-refractivity contribution in [2.75, 3.05) is 19.6 Å². The van der Waals surface area contributed by atoms with Crippen LogP contribution < -0.4 is 5.32 Å². The molecule has 0 aliphatic carbocycles. The molecule has 1 unspecified atom stereocenters. The Balaban J connectivity index is 1.87. The Morgan fingerprint density at radius 1 is 1.32 bits per heavy atom. The molecule has 3 rings (SSSR count). The van der Waals surface area contributed by atoms with Gasteiger partial charge in [0.2, 0.25) is 0 Å². The largest absolute Gasteiger partial charge is 0.328 e. The Labute approximate surface area is 130 Å². The van der Waals surface area contributed by atoms with E-state index in [2.05, 4.69) is 41.6 Å². The molecule has 5 heteroatoms. The predicted molar refractivity (Wildman–Crippen MR) is 85.7 cm³/mol. The quantitative estimate of drug-likeness (QED) is 0.939. The van der Waals surface area contributed by atoms with Gasteiger partial charge in [-0.2, -0.15) is 5.10 Å². The van der Waals surface area contributed by atoms with E-state index < -0.39 is 0 Å². The molecular weight excluding hydrogens is 276 g/mol. The lowest BCUT2D eigenvalue weighted by atomic mass is 10.0. The molecule has 0 radical (unpaired) electrons. The average Bonchev–Trinajstić information content (AvgIpc) is 3.00. The Morgan fingerprint density at radius 2 is 2.09 bits per heavy atom. The number of rotatable bonds is 3. The van der Waals surface area contributed by atoms with Crippen molar-refractivity contribution < 1.29 is 4.79 Å². The topological polar surface area (TPSA) is 50.2 Å². The lowest BCUT2D eigenvalue weighted by molar-refractivity contribution is 0.0623. The van der Waals surface area contributed by atoms with E-state index in [1.807, 2.05) is 4.90 Å². The molecule has 0 bridgehead atoms. The van der Waals surface area contributed by atoms with Gasteiger partial charge >= 0.3 is 0 Å². The van der Waals surface area contributed by atoms with Gasteiger partial charge in [-0.3, -0.25) is 9.48 Å². The summed E-state index contributed by atoms with van der Waals surface area (Å²) >= 11 is 0. The molecule has 1 amide bonds. The number of hydrogen-bond donors (Lipinski definition) is 1. The van der Waals surface area contributed by atoms with Gasteiger partial charge in [-0.05, 0) is 23.6 Å². The molecule has 0 spiro atoms. The van der Waals surface area contributed by atoms with Crippen LogP contribution in [0.5, 0.6) is 0 Å². The zero-order valence-electron chi connectivity index (χ0n) is 13.1. The van der Waals surface area contributed by atoms with Crippen LogP contribution in [0.25, 0.3) is 0 Å². The first-order valence-corrected chi connectivity index (χ1v) is 7.79. The molecule has 1 aromatic carbocycles. The second-order valence-electron chi connectivity index (χ2n) is 5.65. The summed E-state index contributed by atoms with van der Waals surface area (Å²) in [6.07, 6.45) is 2.70. The van der Waals surface area contributed by atoms with Gasteiger partial charge in [0.25, 0.3) is 5.91 Å². The highest BCUT2D eigenvalue weighted by Crippen LogP contribution is 2.24. The van der Waals surface area contributed by atoms with Gasteiger partial charge in [0.05, 0.1) is 6.04 Å². The maximum Gasteiger partial charge on any atom is 0.272 e. The van der Waals surface area contributed by atoms with Crippen molar-refractivity contribution in [3.8, 4) is 0 Å². The molecule has 1 saturated heterocycles. The highest BCUT2D eigenvalue weighted by Gasteiger charge is 2.29. The van der Waals surface area contributed by atoms with Crippen LogP contribution in [-0.2, 0) is 13.5 Å².